The van der Waals surface area contributed by atoms with Crippen molar-refractivity contribution in [2.24, 2.45) is 0 Å². The van der Waals surface area contributed by atoms with Gasteiger partial charge >= 0.3 is 6.09 Å². The lowest BCUT2D eigenvalue weighted by molar-refractivity contribution is 0.142. The van der Waals surface area contributed by atoms with E-state index in [1.165, 1.54) is 22.3 Å². The highest BCUT2D eigenvalue weighted by molar-refractivity contribution is 14.1. The highest BCUT2D eigenvalue weighted by Gasteiger charge is 2.29. The van der Waals surface area contributed by atoms with Gasteiger partial charge in [0, 0.05) is 21.6 Å². The maximum atomic E-state index is 12.4. The first-order chi connectivity index (χ1) is 14.5. The minimum absolute atomic E-state index is 0.0539. The Morgan fingerprint density at radius 1 is 1.07 bits per heavy atom. The molecule has 0 aromatic heterocycles. The third-order valence-corrected chi connectivity index (χ3v) is 7.40. The Labute approximate surface area is 191 Å². The van der Waals surface area contributed by atoms with E-state index in [1.54, 1.807) is 0 Å². The normalized spacial score (nSPS) is 12.1. The molecule has 0 saturated heterocycles. The minimum atomic E-state index is -0.422. The molecule has 0 unspecified atom stereocenters. The number of carbonyl (C=O) groups is 1. The lowest BCUT2D eigenvalue weighted by Gasteiger charge is -2.16. The molecule has 4 rings (SSSR count). The van der Waals surface area contributed by atoms with Gasteiger partial charge in [-0.25, -0.2) is 4.79 Å². The molecule has 3 aromatic carbocycles. The highest BCUT2D eigenvalue weighted by Crippen LogP contribution is 2.44. The number of amides is 1. The van der Waals surface area contributed by atoms with Gasteiger partial charge < -0.3 is 10.1 Å². The molecule has 0 heterocycles. The number of terminal acetylenes is 1. The van der Waals surface area contributed by atoms with Crippen LogP contribution in [0.25, 0.3) is 11.1 Å². The molecule has 3 aromatic rings. The van der Waals surface area contributed by atoms with E-state index >= 15 is 0 Å². The van der Waals surface area contributed by atoms with E-state index in [0.717, 1.165) is 25.8 Å². The number of benzene rings is 3. The van der Waals surface area contributed by atoms with Gasteiger partial charge in [0.05, 0.1) is 0 Å². The molecule has 1 aliphatic rings. The van der Waals surface area contributed by atoms with Crippen LogP contribution in [0.5, 0.6) is 0 Å². The van der Waals surface area contributed by atoms with E-state index < -0.39 is 6.09 Å². The van der Waals surface area contributed by atoms with Gasteiger partial charge in [0.2, 0.25) is 0 Å². The molecule has 0 bridgehead atoms. The van der Waals surface area contributed by atoms with Crippen LogP contribution in [0.4, 0.5) is 4.79 Å². The van der Waals surface area contributed by atoms with Crippen LogP contribution in [-0.2, 0) is 11.3 Å². The van der Waals surface area contributed by atoms with E-state index in [1.807, 2.05) is 44.2 Å². The number of hydrogen-bond donors (Lipinski definition) is 1. The molecule has 3 nitrogen and oxygen atoms in total. The molecule has 1 amide bonds. The average molecular weight is 507 g/mol. The Balaban J connectivity index is 1.44. The van der Waals surface area contributed by atoms with Crippen molar-refractivity contribution in [3.8, 4) is 23.5 Å². The van der Waals surface area contributed by atoms with Gasteiger partial charge in [-0.1, -0.05) is 54.5 Å². The van der Waals surface area contributed by atoms with Crippen molar-refractivity contribution in [1.29, 1.82) is 0 Å². The van der Waals surface area contributed by atoms with Gasteiger partial charge in [-0.3, -0.25) is 0 Å². The van der Waals surface area contributed by atoms with Crippen molar-refractivity contribution in [3.63, 3.8) is 0 Å². The van der Waals surface area contributed by atoms with Crippen molar-refractivity contribution in [2.45, 2.75) is 26.3 Å². The van der Waals surface area contributed by atoms with E-state index in [0.29, 0.717) is 13.2 Å². The van der Waals surface area contributed by atoms with Crippen LogP contribution in [0.2, 0.25) is 0 Å². The smallest absolute Gasteiger partial charge is 0.407 e. The summed E-state index contributed by atoms with van der Waals surface area (Å²) in [7, 11) is 0. The van der Waals surface area contributed by atoms with E-state index in [9.17, 15) is 4.79 Å². The molecule has 1 aliphatic carbocycles. The number of carbonyl (C=O) groups excluding carboxylic acids is 1. The number of hydrogen-bond acceptors (Lipinski definition) is 2. The maximum absolute atomic E-state index is 12.4. The predicted molar refractivity (Wildman–Crippen MR) is 128 cm³/mol. The fraction of sp³-hybridized carbons (Fsp3) is 0.192. The lowest BCUT2D eigenvalue weighted by atomic mass is 9.98. The summed E-state index contributed by atoms with van der Waals surface area (Å²) in [5.41, 5.74) is 8.93. The zero-order chi connectivity index (χ0) is 21.3. The molecule has 4 heteroatoms. The third-order valence-electron chi connectivity index (χ3n) is 5.79. The zero-order valence-corrected chi connectivity index (χ0v) is 19.1. The molecule has 0 spiro atoms. The second-order valence-corrected chi connectivity index (χ2v) is 8.55. The Morgan fingerprint density at radius 3 is 2.27 bits per heavy atom. The number of fused-ring (bicyclic) bond motifs is 3. The van der Waals surface area contributed by atoms with Crippen LogP contribution < -0.4 is 5.32 Å². The van der Waals surface area contributed by atoms with Crippen molar-refractivity contribution >= 4 is 28.7 Å². The first-order valence-electron chi connectivity index (χ1n) is 9.85. The van der Waals surface area contributed by atoms with Crippen molar-refractivity contribution in [1.82, 2.24) is 5.32 Å². The van der Waals surface area contributed by atoms with Gasteiger partial charge in [-0.15, -0.1) is 6.42 Å². The van der Waals surface area contributed by atoms with Crippen LogP contribution >= 0.6 is 22.6 Å². The summed E-state index contributed by atoms with van der Waals surface area (Å²) >= 11 is 2.30. The zero-order valence-electron chi connectivity index (χ0n) is 17.0. The van der Waals surface area contributed by atoms with Crippen LogP contribution in [0, 0.1) is 29.8 Å². The van der Waals surface area contributed by atoms with Crippen molar-refractivity contribution in [3.05, 3.63) is 91.5 Å². The topological polar surface area (TPSA) is 38.3 Å². The highest BCUT2D eigenvalue weighted by atomic mass is 127. The summed E-state index contributed by atoms with van der Waals surface area (Å²) < 4.78 is 6.75. The van der Waals surface area contributed by atoms with Gasteiger partial charge in [0.15, 0.2) is 0 Å². The summed E-state index contributed by atoms with van der Waals surface area (Å²) in [5, 5.41) is 2.88. The van der Waals surface area contributed by atoms with Crippen molar-refractivity contribution in [2.75, 3.05) is 6.61 Å². The Kier molecular flexibility index (Phi) is 5.83. The van der Waals surface area contributed by atoms with Gasteiger partial charge in [0.1, 0.15) is 6.61 Å². The van der Waals surface area contributed by atoms with E-state index in [4.69, 9.17) is 11.2 Å². The molecule has 1 N–H and O–H groups in total. The molecular formula is C26H22INO2. The standard InChI is InChI=1S/C26H22INO2/c1-4-18-13-19(17(3)25(27)16(18)2)14-28-26(29)30-15-24-22-11-7-5-9-20(22)21-10-6-8-12-23(21)24/h1,5-13,24H,14-15H2,2-3H3,(H,28,29). The maximum Gasteiger partial charge on any atom is 0.407 e. The minimum Gasteiger partial charge on any atom is -0.449 e. The molecule has 0 atom stereocenters. The number of rotatable bonds is 4. The first-order valence-corrected chi connectivity index (χ1v) is 10.9. The fourth-order valence-electron chi connectivity index (χ4n) is 4.08. The van der Waals surface area contributed by atoms with Crippen LogP contribution in [0.15, 0.2) is 54.6 Å². The number of halogens is 1. The molecule has 0 fully saturated rings. The summed E-state index contributed by atoms with van der Waals surface area (Å²) in [6.07, 6.45) is 5.20. The van der Waals surface area contributed by atoms with Crippen LogP contribution in [0.3, 0.4) is 0 Å². The lowest BCUT2D eigenvalue weighted by Crippen LogP contribution is -2.26. The predicted octanol–water partition coefficient (Wildman–Crippen LogP) is 5.93. The Hall–Kier alpha value is -2.78. The number of alkyl carbamates (subject to hydrolysis) is 1. The largest absolute Gasteiger partial charge is 0.449 e. The molecular weight excluding hydrogens is 485 g/mol. The Bertz CT molecular complexity index is 1130. The molecule has 0 radical (unpaired) electrons. The SMILES string of the molecule is C#Cc1cc(CNC(=O)OCC2c3ccccc3-c3ccccc32)c(C)c(I)c1C. The summed E-state index contributed by atoms with van der Waals surface area (Å²) in [6.45, 7) is 4.75. The van der Waals surface area contributed by atoms with E-state index in [2.05, 4.69) is 58.1 Å². The molecule has 0 saturated carbocycles. The monoisotopic (exact) mass is 507 g/mol. The summed E-state index contributed by atoms with van der Waals surface area (Å²) in [5.74, 6) is 2.78. The average Bonchev–Trinajstić information content (AvgIpc) is 3.09. The quantitative estimate of drug-likeness (QED) is 0.351. The van der Waals surface area contributed by atoms with Crippen molar-refractivity contribution < 1.29 is 9.53 Å². The van der Waals surface area contributed by atoms with E-state index in [-0.39, 0.29) is 5.92 Å². The third kappa shape index (κ3) is 3.70. The molecule has 150 valence electrons. The van der Waals surface area contributed by atoms with Crippen LogP contribution in [0.1, 0.15) is 39.3 Å². The Morgan fingerprint density at radius 2 is 1.67 bits per heavy atom. The summed E-state index contributed by atoms with van der Waals surface area (Å²) in [4.78, 5) is 12.4. The summed E-state index contributed by atoms with van der Waals surface area (Å²) in [6, 6.07) is 18.6. The second kappa shape index (κ2) is 8.53. The number of ether oxygens (including phenoxy) is 1. The molecule has 30 heavy (non-hydrogen) atoms. The van der Waals surface area contributed by atoms with Gasteiger partial charge in [-0.05, 0) is 81.4 Å². The van der Waals surface area contributed by atoms with Crippen LogP contribution in [-0.4, -0.2) is 12.7 Å². The second-order valence-electron chi connectivity index (χ2n) is 7.47. The molecule has 0 aliphatic heterocycles. The first kappa shape index (κ1) is 20.5. The van der Waals surface area contributed by atoms with Gasteiger partial charge in [0.25, 0.3) is 0 Å². The number of nitrogens with one attached hydrogen (secondary N) is 1. The van der Waals surface area contributed by atoms with Gasteiger partial charge in [-0.2, -0.15) is 0 Å². The fourth-order valence-corrected chi connectivity index (χ4v) is 4.72.